The van der Waals surface area contributed by atoms with Crippen molar-refractivity contribution in [2.24, 2.45) is 17.3 Å². The van der Waals surface area contributed by atoms with Crippen LogP contribution in [0.2, 0.25) is 0 Å². The first-order valence-corrected chi connectivity index (χ1v) is 9.06. The fraction of sp³-hybridized carbons (Fsp3) is 0.667. The zero-order valence-electron chi connectivity index (χ0n) is 14.5. The summed E-state index contributed by atoms with van der Waals surface area (Å²) in [5.41, 5.74) is 0.179. The van der Waals surface area contributed by atoms with Crippen molar-refractivity contribution in [2.75, 3.05) is 26.2 Å². The predicted octanol–water partition coefficient (Wildman–Crippen LogP) is 0.794. The van der Waals surface area contributed by atoms with Gasteiger partial charge in [0.05, 0.1) is 0 Å². The summed E-state index contributed by atoms with van der Waals surface area (Å²) in [4.78, 5) is 37.0. The van der Waals surface area contributed by atoms with Gasteiger partial charge in [-0.2, -0.15) is 0 Å². The second-order valence-electron chi connectivity index (χ2n) is 7.68. The summed E-state index contributed by atoms with van der Waals surface area (Å²) < 4.78 is 0. The molecule has 2 saturated heterocycles. The van der Waals surface area contributed by atoms with Gasteiger partial charge in [0.1, 0.15) is 11.2 Å². The van der Waals surface area contributed by atoms with E-state index < -0.39 is 11.4 Å². The molecular formula is C18H24N4O3. The molecule has 1 N–H and O–H groups in total. The van der Waals surface area contributed by atoms with E-state index in [1.165, 1.54) is 0 Å². The van der Waals surface area contributed by atoms with Crippen LogP contribution in [0.5, 0.6) is 0 Å². The molecule has 25 heavy (non-hydrogen) atoms. The van der Waals surface area contributed by atoms with Crippen LogP contribution in [-0.4, -0.2) is 62.9 Å². The fourth-order valence-corrected chi connectivity index (χ4v) is 4.25. The Bertz CT molecular complexity index is 688. The number of aliphatic carboxylic acids is 1. The molecule has 0 aromatic carbocycles. The van der Waals surface area contributed by atoms with Crippen molar-refractivity contribution >= 4 is 11.9 Å². The lowest BCUT2D eigenvalue weighted by molar-refractivity contribution is -0.149. The Morgan fingerprint density at radius 2 is 1.96 bits per heavy atom. The first-order valence-electron chi connectivity index (χ1n) is 9.06. The third-order valence-electron chi connectivity index (χ3n) is 5.82. The van der Waals surface area contributed by atoms with Crippen LogP contribution in [0.25, 0.3) is 0 Å². The Hall–Kier alpha value is -2.02. The number of hydrogen-bond acceptors (Lipinski definition) is 5. The molecule has 1 aliphatic carbocycles. The molecule has 0 unspecified atom stereocenters. The highest BCUT2D eigenvalue weighted by Gasteiger charge is 2.59. The lowest BCUT2D eigenvalue weighted by Crippen LogP contribution is -2.42. The predicted molar refractivity (Wildman–Crippen MR) is 89.5 cm³/mol. The normalized spacial score (nSPS) is 29.0. The molecule has 3 fully saturated rings. The van der Waals surface area contributed by atoms with Crippen molar-refractivity contribution in [1.29, 1.82) is 0 Å². The van der Waals surface area contributed by atoms with E-state index in [-0.39, 0.29) is 17.7 Å². The summed E-state index contributed by atoms with van der Waals surface area (Å²) in [5, 5.41) is 9.89. The summed E-state index contributed by atoms with van der Waals surface area (Å²) in [7, 11) is 0. The number of carboxylic acid groups (broad SMARTS) is 1. The minimum Gasteiger partial charge on any atom is -0.481 e. The van der Waals surface area contributed by atoms with Gasteiger partial charge < -0.3 is 10.0 Å². The number of aromatic nitrogens is 2. The van der Waals surface area contributed by atoms with Crippen LogP contribution in [-0.2, 0) is 22.6 Å². The van der Waals surface area contributed by atoms with Gasteiger partial charge in [-0.15, -0.1) is 0 Å². The highest BCUT2D eigenvalue weighted by Crippen LogP contribution is 2.45. The third kappa shape index (κ3) is 2.90. The second-order valence-corrected chi connectivity index (χ2v) is 7.68. The monoisotopic (exact) mass is 344 g/mol. The number of amides is 1. The van der Waals surface area contributed by atoms with Gasteiger partial charge in [0.25, 0.3) is 0 Å². The number of rotatable bonds is 5. The van der Waals surface area contributed by atoms with Gasteiger partial charge in [-0.25, -0.2) is 9.97 Å². The van der Waals surface area contributed by atoms with Crippen LogP contribution in [0.1, 0.15) is 31.2 Å². The van der Waals surface area contributed by atoms with Crippen molar-refractivity contribution in [2.45, 2.75) is 32.7 Å². The Labute approximate surface area is 147 Å². The number of carbonyl (C=O) groups excluding carboxylic acids is 1. The summed E-state index contributed by atoms with van der Waals surface area (Å²) in [5.74, 6) is 0.352. The van der Waals surface area contributed by atoms with Crippen LogP contribution in [0.15, 0.2) is 12.4 Å². The average molecular weight is 344 g/mol. The first-order chi connectivity index (χ1) is 12.0. The van der Waals surface area contributed by atoms with E-state index in [0.717, 1.165) is 30.7 Å². The van der Waals surface area contributed by atoms with Gasteiger partial charge in [-0.3, -0.25) is 14.5 Å². The molecule has 2 atom stereocenters. The number of hydrogen-bond donors (Lipinski definition) is 1. The number of fused-ring (bicyclic) bond motifs is 1. The zero-order valence-corrected chi connectivity index (χ0v) is 14.5. The summed E-state index contributed by atoms with van der Waals surface area (Å²) in [6, 6.07) is 0. The Balaban J connectivity index is 1.45. The Morgan fingerprint density at radius 1 is 1.24 bits per heavy atom. The van der Waals surface area contributed by atoms with Gasteiger partial charge >= 0.3 is 5.97 Å². The Morgan fingerprint density at radius 3 is 2.52 bits per heavy atom. The minimum absolute atomic E-state index is 0.00327. The van der Waals surface area contributed by atoms with Crippen molar-refractivity contribution < 1.29 is 14.7 Å². The van der Waals surface area contributed by atoms with E-state index in [0.29, 0.717) is 32.7 Å². The molecule has 3 aliphatic rings. The molecule has 2 aliphatic heterocycles. The van der Waals surface area contributed by atoms with Crippen molar-refractivity contribution in [3.05, 3.63) is 23.8 Å². The fourth-order valence-electron chi connectivity index (χ4n) is 4.25. The van der Waals surface area contributed by atoms with Crippen LogP contribution in [0.3, 0.4) is 0 Å². The van der Waals surface area contributed by atoms with Gasteiger partial charge in [-0.1, -0.05) is 6.92 Å². The second kappa shape index (κ2) is 6.05. The highest BCUT2D eigenvalue weighted by atomic mass is 16.4. The molecule has 1 aromatic rings. The van der Waals surface area contributed by atoms with E-state index in [1.54, 1.807) is 4.90 Å². The summed E-state index contributed by atoms with van der Waals surface area (Å²) in [6.07, 6.45) is 6.38. The topological polar surface area (TPSA) is 86.6 Å². The number of nitrogens with zero attached hydrogens (tertiary/aromatic N) is 4. The lowest BCUT2D eigenvalue weighted by Gasteiger charge is -2.25. The van der Waals surface area contributed by atoms with Gasteiger partial charge in [0, 0.05) is 68.9 Å². The van der Waals surface area contributed by atoms with Crippen LogP contribution < -0.4 is 0 Å². The molecule has 0 radical (unpaired) electrons. The van der Waals surface area contributed by atoms with Crippen LogP contribution in [0, 0.1) is 17.3 Å². The summed E-state index contributed by atoms with van der Waals surface area (Å²) in [6.45, 7) is 4.79. The number of carbonyl (C=O) groups is 2. The largest absolute Gasteiger partial charge is 0.481 e. The van der Waals surface area contributed by atoms with Crippen LogP contribution in [0.4, 0.5) is 0 Å². The molecule has 134 valence electrons. The van der Waals surface area contributed by atoms with E-state index >= 15 is 0 Å². The highest BCUT2D eigenvalue weighted by molar-refractivity contribution is 5.84. The third-order valence-corrected chi connectivity index (χ3v) is 5.82. The van der Waals surface area contributed by atoms with Crippen molar-refractivity contribution in [1.82, 2.24) is 19.8 Å². The number of carboxylic acids is 1. The Kier molecular flexibility index (Phi) is 3.98. The molecule has 3 heterocycles. The maximum atomic E-state index is 12.3. The summed E-state index contributed by atoms with van der Waals surface area (Å²) >= 11 is 0. The zero-order chi connectivity index (χ0) is 17.6. The molecular weight excluding hydrogens is 320 g/mol. The van der Waals surface area contributed by atoms with E-state index in [4.69, 9.17) is 0 Å². The molecule has 1 saturated carbocycles. The molecule has 0 spiro atoms. The number of aryl methyl sites for hydroxylation is 1. The van der Waals surface area contributed by atoms with Gasteiger partial charge in [0.2, 0.25) is 5.91 Å². The maximum absolute atomic E-state index is 12.3. The standard InChI is InChI=1S/C18H24N4O3/c1-2-15-19-5-12(6-20-15)7-21-8-14-9-22(16(23)13-3-4-13)11-18(14,10-21)17(24)25/h5-6,13-14H,2-4,7-11H2,1H3,(H,24,25)/t14-,18-/m1/s1. The molecule has 0 bridgehead atoms. The molecule has 7 nitrogen and oxygen atoms in total. The lowest BCUT2D eigenvalue weighted by atomic mass is 9.81. The molecule has 1 aromatic heterocycles. The van der Waals surface area contributed by atoms with E-state index in [1.807, 2.05) is 19.3 Å². The first kappa shape index (κ1) is 16.4. The van der Waals surface area contributed by atoms with Crippen LogP contribution >= 0.6 is 0 Å². The molecule has 7 heteroatoms. The van der Waals surface area contributed by atoms with Gasteiger partial charge in [-0.05, 0) is 12.8 Å². The SMILES string of the molecule is CCc1ncc(CN2C[C@@H]3CN(C(=O)C4CC4)C[C@]3(C(=O)O)C2)cn1. The van der Waals surface area contributed by atoms with E-state index in [9.17, 15) is 14.7 Å². The van der Waals surface area contributed by atoms with E-state index in [2.05, 4.69) is 14.9 Å². The maximum Gasteiger partial charge on any atom is 0.313 e. The minimum atomic E-state index is -0.825. The average Bonchev–Trinajstić information content (AvgIpc) is 3.29. The van der Waals surface area contributed by atoms with Crippen molar-refractivity contribution in [3.8, 4) is 0 Å². The number of likely N-dealkylation sites (tertiary alicyclic amines) is 2. The van der Waals surface area contributed by atoms with Gasteiger partial charge in [0.15, 0.2) is 0 Å². The molecule has 1 amide bonds. The smallest absolute Gasteiger partial charge is 0.313 e. The quantitative estimate of drug-likeness (QED) is 0.850. The van der Waals surface area contributed by atoms with Crippen molar-refractivity contribution in [3.63, 3.8) is 0 Å². The molecule has 4 rings (SSSR count).